The fourth-order valence-corrected chi connectivity index (χ4v) is 5.55. The Morgan fingerprint density at radius 3 is 2.77 bits per heavy atom. The molecule has 5 nitrogen and oxygen atoms in total. The zero-order valence-electron chi connectivity index (χ0n) is 18.2. The van der Waals surface area contributed by atoms with Gasteiger partial charge >= 0.3 is 0 Å². The lowest BCUT2D eigenvalue weighted by molar-refractivity contribution is -0.118. The van der Waals surface area contributed by atoms with E-state index in [1.54, 1.807) is 12.0 Å². The number of para-hydroxylation sites is 1. The number of carbonyl (C=O) groups excluding carboxylic acids is 1. The third-order valence-electron chi connectivity index (χ3n) is 5.18. The predicted octanol–water partition coefficient (Wildman–Crippen LogP) is 5.56. The van der Waals surface area contributed by atoms with Crippen LogP contribution < -0.4 is 9.64 Å². The molecular formula is C24H28N2O3S2. The van der Waals surface area contributed by atoms with E-state index in [9.17, 15) is 4.79 Å². The predicted molar refractivity (Wildman–Crippen MR) is 129 cm³/mol. The first kappa shape index (κ1) is 22.1. The first-order valence-electron chi connectivity index (χ1n) is 10.6. The summed E-state index contributed by atoms with van der Waals surface area (Å²) in [5.41, 5.74) is 1.80. The summed E-state index contributed by atoms with van der Waals surface area (Å²) < 4.78 is 12.3. The summed E-state index contributed by atoms with van der Waals surface area (Å²) in [5.74, 6) is 0.764. The van der Waals surface area contributed by atoms with Gasteiger partial charge in [0.15, 0.2) is 5.13 Å². The Morgan fingerprint density at radius 2 is 2.10 bits per heavy atom. The molecule has 1 atom stereocenters. The van der Waals surface area contributed by atoms with E-state index in [1.165, 1.54) is 16.2 Å². The number of thiazole rings is 1. The van der Waals surface area contributed by atoms with Gasteiger partial charge in [-0.2, -0.15) is 0 Å². The molecular weight excluding hydrogens is 428 g/mol. The second-order valence-electron chi connectivity index (χ2n) is 7.93. The second kappa shape index (κ2) is 10.0. The number of rotatable bonds is 8. The van der Waals surface area contributed by atoms with Gasteiger partial charge in [-0.3, -0.25) is 9.69 Å². The third kappa shape index (κ3) is 5.40. The van der Waals surface area contributed by atoms with E-state index in [0.29, 0.717) is 23.3 Å². The zero-order chi connectivity index (χ0) is 21.8. The van der Waals surface area contributed by atoms with Gasteiger partial charge in [0.05, 0.1) is 30.9 Å². The number of aromatic nitrogens is 1. The molecule has 1 unspecified atom stereocenters. The maximum atomic E-state index is 13.4. The molecule has 4 rings (SSSR count). The second-order valence-corrected chi connectivity index (χ2v) is 10.6. The molecule has 0 aliphatic carbocycles. The maximum absolute atomic E-state index is 13.4. The molecule has 3 aromatic rings. The van der Waals surface area contributed by atoms with Crippen LogP contribution in [-0.4, -0.2) is 42.5 Å². The van der Waals surface area contributed by atoms with Gasteiger partial charge in [0.1, 0.15) is 11.3 Å². The Labute approximate surface area is 191 Å². The van der Waals surface area contributed by atoms with E-state index in [4.69, 9.17) is 14.5 Å². The van der Waals surface area contributed by atoms with E-state index in [2.05, 4.69) is 26.0 Å². The molecule has 2 aromatic carbocycles. The molecule has 1 fully saturated rings. The normalized spacial score (nSPS) is 16.2. The van der Waals surface area contributed by atoms with Crippen LogP contribution in [0.15, 0.2) is 47.4 Å². The molecule has 164 valence electrons. The van der Waals surface area contributed by atoms with Crippen molar-refractivity contribution in [3.8, 4) is 5.75 Å². The summed E-state index contributed by atoms with van der Waals surface area (Å²) >= 11 is 3.35. The zero-order valence-corrected chi connectivity index (χ0v) is 19.8. The number of hydrogen-bond donors (Lipinski definition) is 0. The Balaban J connectivity index is 1.58. The fourth-order valence-electron chi connectivity index (χ4n) is 3.70. The Kier molecular flexibility index (Phi) is 7.15. The molecule has 0 spiro atoms. The van der Waals surface area contributed by atoms with Crippen molar-refractivity contribution in [1.82, 2.24) is 4.98 Å². The molecule has 7 heteroatoms. The van der Waals surface area contributed by atoms with Crippen LogP contribution in [0.1, 0.15) is 32.3 Å². The Hall–Kier alpha value is -2.09. The molecule has 0 saturated carbocycles. The summed E-state index contributed by atoms with van der Waals surface area (Å²) in [7, 11) is 1.64. The van der Waals surface area contributed by atoms with Gasteiger partial charge < -0.3 is 9.47 Å². The minimum absolute atomic E-state index is 0.0396. The van der Waals surface area contributed by atoms with Crippen molar-refractivity contribution in [3.05, 3.63) is 48.0 Å². The monoisotopic (exact) mass is 456 g/mol. The number of thioether (sulfide) groups is 1. The van der Waals surface area contributed by atoms with Crippen molar-refractivity contribution in [2.45, 2.75) is 49.4 Å². The lowest BCUT2D eigenvalue weighted by Gasteiger charge is -2.23. The van der Waals surface area contributed by atoms with Crippen molar-refractivity contribution in [2.75, 3.05) is 25.2 Å². The highest BCUT2D eigenvalue weighted by Crippen LogP contribution is 2.35. The molecule has 31 heavy (non-hydrogen) atoms. The number of benzene rings is 2. The van der Waals surface area contributed by atoms with E-state index in [1.807, 2.05) is 42.1 Å². The van der Waals surface area contributed by atoms with Crippen molar-refractivity contribution < 1.29 is 14.3 Å². The number of methoxy groups -OCH3 is 1. The fraction of sp³-hybridized carbons (Fsp3) is 0.417. The lowest BCUT2D eigenvalue weighted by atomic mass is 10.1. The number of nitrogens with zero attached hydrogens (tertiary/aromatic N) is 2. The van der Waals surface area contributed by atoms with E-state index in [-0.39, 0.29) is 12.0 Å². The van der Waals surface area contributed by atoms with E-state index >= 15 is 0 Å². The SMILES string of the molecule is COc1cccc2sc(N(CC3CCCO3)C(=O)Cc3ccc(SC(C)C)cc3)nc12. The van der Waals surface area contributed by atoms with Crippen molar-refractivity contribution in [3.63, 3.8) is 0 Å². The minimum atomic E-state index is 0.0396. The summed E-state index contributed by atoms with van der Waals surface area (Å²) in [6.45, 7) is 5.65. The van der Waals surface area contributed by atoms with Crippen LogP contribution in [0.3, 0.4) is 0 Å². The molecule has 1 saturated heterocycles. The summed E-state index contributed by atoms with van der Waals surface area (Å²) in [5, 5.41) is 1.23. The van der Waals surface area contributed by atoms with Crippen molar-refractivity contribution in [1.29, 1.82) is 0 Å². The molecule has 1 amide bonds. The molecule has 1 aromatic heterocycles. The highest BCUT2D eigenvalue weighted by molar-refractivity contribution is 7.99. The Morgan fingerprint density at radius 1 is 1.29 bits per heavy atom. The van der Waals surface area contributed by atoms with Crippen LogP contribution >= 0.6 is 23.1 Å². The molecule has 2 heterocycles. The number of ether oxygens (including phenoxy) is 2. The van der Waals surface area contributed by atoms with Gasteiger partial charge in [-0.1, -0.05) is 43.4 Å². The average Bonchev–Trinajstić information content (AvgIpc) is 3.42. The maximum Gasteiger partial charge on any atom is 0.233 e. The van der Waals surface area contributed by atoms with Crippen LogP contribution in [0.2, 0.25) is 0 Å². The number of carbonyl (C=O) groups is 1. The van der Waals surface area contributed by atoms with E-state index < -0.39 is 0 Å². The van der Waals surface area contributed by atoms with Crippen LogP contribution in [0, 0.1) is 0 Å². The van der Waals surface area contributed by atoms with Gasteiger partial charge in [0.2, 0.25) is 5.91 Å². The molecule has 0 bridgehead atoms. The van der Waals surface area contributed by atoms with Gasteiger partial charge in [0, 0.05) is 16.8 Å². The van der Waals surface area contributed by atoms with Gasteiger partial charge in [-0.25, -0.2) is 4.98 Å². The largest absolute Gasteiger partial charge is 0.494 e. The van der Waals surface area contributed by atoms with Crippen LogP contribution in [0.25, 0.3) is 10.2 Å². The van der Waals surface area contributed by atoms with Gasteiger partial charge in [0.25, 0.3) is 0 Å². The smallest absolute Gasteiger partial charge is 0.233 e. The average molecular weight is 457 g/mol. The lowest BCUT2D eigenvalue weighted by Crippen LogP contribution is -2.38. The van der Waals surface area contributed by atoms with Crippen LogP contribution in [0.5, 0.6) is 5.75 Å². The van der Waals surface area contributed by atoms with Crippen molar-refractivity contribution >= 4 is 44.4 Å². The minimum Gasteiger partial charge on any atom is -0.494 e. The van der Waals surface area contributed by atoms with Crippen LogP contribution in [0.4, 0.5) is 5.13 Å². The summed E-state index contributed by atoms with van der Waals surface area (Å²) in [6, 6.07) is 14.2. The molecule has 1 aliphatic heterocycles. The number of amides is 1. The first-order valence-corrected chi connectivity index (χ1v) is 12.3. The Bertz CT molecular complexity index is 1030. The third-order valence-corrected chi connectivity index (χ3v) is 7.24. The van der Waals surface area contributed by atoms with Gasteiger partial charge in [-0.15, -0.1) is 11.8 Å². The van der Waals surface area contributed by atoms with E-state index in [0.717, 1.165) is 41.0 Å². The molecule has 1 aliphatic rings. The van der Waals surface area contributed by atoms with Crippen LogP contribution in [-0.2, 0) is 16.0 Å². The standard InChI is InChI=1S/C24H28N2O3S2/c1-16(2)30-19-11-9-17(10-12-19)14-22(27)26(15-18-6-5-13-29-18)24-25-23-20(28-3)7-4-8-21(23)31-24/h4,7-12,16,18H,5-6,13-15H2,1-3H3. The highest BCUT2D eigenvalue weighted by Gasteiger charge is 2.26. The summed E-state index contributed by atoms with van der Waals surface area (Å²) in [6.07, 6.45) is 2.41. The summed E-state index contributed by atoms with van der Waals surface area (Å²) in [4.78, 5) is 21.2. The number of anilines is 1. The quantitative estimate of drug-likeness (QED) is 0.415. The topological polar surface area (TPSA) is 51.7 Å². The van der Waals surface area contributed by atoms with Gasteiger partial charge in [-0.05, 0) is 42.7 Å². The number of hydrogen-bond acceptors (Lipinski definition) is 6. The number of fused-ring (bicyclic) bond motifs is 1. The molecule has 0 radical (unpaired) electrons. The highest BCUT2D eigenvalue weighted by atomic mass is 32.2. The van der Waals surface area contributed by atoms with Crippen molar-refractivity contribution in [2.24, 2.45) is 0 Å². The molecule has 0 N–H and O–H groups in total. The first-order chi connectivity index (χ1) is 15.0.